The third kappa shape index (κ3) is 59.4. The Labute approximate surface area is 456 Å². The van der Waals surface area contributed by atoms with Gasteiger partial charge >= 0.3 is 5.97 Å². The van der Waals surface area contributed by atoms with Gasteiger partial charge in [0, 0.05) is 12.8 Å². The minimum absolute atomic E-state index is 0.00760. The second-order valence-electron chi connectivity index (χ2n) is 22.8. The van der Waals surface area contributed by atoms with Gasteiger partial charge in [-0.3, -0.25) is 9.59 Å². The fraction of sp³-hybridized carbons (Fsp3) is 0.910. The van der Waals surface area contributed by atoms with Crippen LogP contribution < -0.4 is 5.32 Å². The molecule has 0 radical (unpaired) electrons. The number of aliphatic hydroxyl groups excluding tert-OH is 2. The van der Waals surface area contributed by atoms with Crippen LogP contribution in [0.4, 0.5) is 0 Å². The number of carbonyl (C=O) groups is 2. The van der Waals surface area contributed by atoms with Crippen molar-refractivity contribution < 1.29 is 24.5 Å². The maximum Gasteiger partial charge on any atom is 0.305 e. The van der Waals surface area contributed by atoms with E-state index in [9.17, 15) is 19.8 Å². The van der Waals surface area contributed by atoms with Gasteiger partial charge in [-0.15, -0.1) is 0 Å². The van der Waals surface area contributed by atoms with E-state index in [1.54, 1.807) is 6.08 Å². The Morgan fingerprint density at radius 2 is 0.644 bits per heavy atom. The van der Waals surface area contributed by atoms with E-state index < -0.39 is 12.1 Å². The van der Waals surface area contributed by atoms with Gasteiger partial charge in [-0.05, 0) is 57.8 Å². The fourth-order valence-electron chi connectivity index (χ4n) is 10.4. The van der Waals surface area contributed by atoms with Crippen LogP contribution in [0.15, 0.2) is 24.3 Å². The summed E-state index contributed by atoms with van der Waals surface area (Å²) < 4.78 is 5.50. The first-order valence-corrected chi connectivity index (χ1v) is 33.1. The van der Waals surface area contributed by atoms with Crippen molar-refractivity contribution in [3.8, 4) is 0 Å². The number of hydrogen-bond donors (Lipinski definition) is 3. The number of allylic oxidation sites excluding steroid dienone is 3. The van der Waals surface area contributed by atoms with Crippen LogP contribution in [0, 0.1) is 0 Å². The summed E-state index contributed by atoms with van der Waals surface area (Å²) in [5, 5.41) is 23.2. The van der Waals surface area contributed by atoms with Crippen LogP contribution >= 0.6 is 0 Å². The summed E-state index contributed by atoms with van der Waals surface area (Å²) in [6.07, 6.45) is 78.0. The van der Waals surface area contributed by atoms with Crippen LogP contribution in [0.25, 0.3) is 0 Å². The molecule has 0 spiro atoms. The van der Waals surface area contributed by atoms with E-state index in [1.807, 2.05) is 6.08 Å². The van der Waals surface area contributed by atoms with Crippen LogP contribution in [0.3, 0.4) is 0 Å². The number of carbonyl (C=O) groups excluding carboxylic acids is 2. The number of hydrogen-bond acceptors (Lipinski definition) is 5. The molecule has 1 amide bonds. The number of ether oxygens (including phenoxy) is 1. The molecule has 0 aromatic rings. The molecule has 0 saturated heterocycles. The Kier molecular flexibility index (Phi) is 61.4. The minimum atomic E-state index is -0.854. The predicted octanol–water partition coefficient (Wildman–Crippen LogP) is 21.0. The minimum Gasteiger partial charge on any atom is -0.466 e. The molecular weight excluding hydrogens is 899 g/mol. The number of esters is 1. The van der Waals surface area contributed by atoms with E-state index in [2.05, 4.69) is 31.3 Å². The van der Waals surface area contributed by atoms with E-state index in [0.717, 1.165) is 57.8 Å². The molecule has 0 bridgehead atoms. The Balaban J connectivity index is 3.44. The highest BCUT2D eigenvalue weighted by Gasteiger charge is 2.18. The molecule has 0 aliphatic heterocycles. The van der Waals surface area contributed by atoms with Crippen LogP contribution in [-0.2, 0) is 14.3 Å². The van der Waals surface area contributed by atoms with Crippen LogP contribution in [0.1, 0.15) is 367 Å². The van der Waals surface area contributed by atoms with Crippen molar-refractivity contribution in [3.63, 3.8) is 0 Å². The molecule has 0 aliphatic rings. The van der Waals surface area contributed by atoms with E-state index >= 15 is 0 Å². The third-order valence-corrected chi connectivity index (χ3v) is 15.5. The highest BCUT2D eigenvalue weighted by molar-refractivity contribution is 5.76. The summed E-state index contributed by atoms with van der Waals surface area (Å²) in [4.78, 5) is 24.6. The van der Waals surface area contributed by atoms with E-state index in [0.29, 0.717) is 19.4 Å². The lowest BCUT2D eigenvalue weighted by molar-refractivity contribution is -0.143. The molecule has 0 heterocycles. The van der Waals surface area contributed by atoms with Crippen LogP contribution in [0.5, 0.6) is 0 Å². The number of nitrogens with one attached hydrogen (secondary N) is 1. The van der Waals surface area contributed by atoms with Crippen LogP contribution in [0.2, 0.25) is 0 Å². The first-order valence-electron chi connectivity index (χ1n) is 33.1. The molecule has 73 heavy (non-hydrogen) atoms. The monoisotopic (exact) mass is 1030 g/mol. The van der Waals surface area contributed by atoms with Gasteiger partial charge < -0.3 is 20.3 Å². The Morgan fingerprint density at radius 1 is 0.370 bits per heavy atom. The lowest BCUT2D eigenvalue weighted by atomic mass is 10.0. The Hall–Kier alpha value is -1.66. The summed E-state index contributed by atoms with van der Waals surface area (Å²) in [5.41, 5.74) is 0. The normalized spacial score (nSPS) is 12.7. The van der Waals surface area contributed by atoms with E-state index in [1.165, 1.54) is 283 Å². The molecule has 432 valence electrons. The molecule has 0 aliphatic carbocycles. The summed E-state index contributed by atoms with van der Waals surface area (Å²) in [6.45, 7) is 4.92. The van der Waals surface area contributed by atoms with Gasteiger partial charge in [0.1, 0.15) is 0 Å². The zero-order chi connectivity index (χ0) is 52.9. The fourth-order valence-corrected chi connectivity index (χ4v) is 10.4. The molecule has 6 nitrogen and oxygen atoms in total. The van der Waals surface area contributed by atoms with Gasteiger partial charge in [-0.25, -0.2) is 0 Å². The van der Waals surface area contributed by atoms with Gasteiger partial charge in [0.2, 0.25) is 5.91 Å². The lowest BCUT2D eigenvalue weighted by Crippen LogP contribution is -2.45. The van der Waals surface area contributed by atoms with Crippen molar-refractivity contribution in [2.45, 2.75) is 379 Å². The van der Waals surface area contributed by atoms with Crippen molar-refractivity contribution in [1.29, 1.82) is 0 Å². The Morgan fingerprint density at radius 3 is 0.973 bits per heavy atom. The third-order valence-electron chi connectivity index (χ3n) is 15.5. The first kappa shape index (κ1) is 71.3. The summed E-state index contributed by atoms with van der Waals surface area (Å²) >= 11 is 0. The van der Waals surface area contributed by atoms with Crippen molar-refractivity contribution in [1.82, 2.24) is 5.32 Å². The number of amides is 1. The van der Waals surface area contributed by atoms with E-state index in [4.69, 9.17) is 4.74 Å². The van der Waals surface area contributed by atoms with Gasteiger partial charge in [-0.1, -0.05) is 321 Å². The summed E-state index contributed by atoms with van der Waals surface area (Å²) in [5.74, 6) is -0.0715. The standard InChI is InChI=1S/C67H129NO5/c1-3-5-7-9-11-13-15-17-19-21-23-27-31-35-39-43-47-51-55-59-65(70)64(63-69)68-66(71)60-56-52-48-44-40-36-32-28-25-26-30-34-38-42-46-50-54-58-62-73-67(72)61-57-53-49-45-41-37-33-29-24-22-20-18-16-14-12-10-8-6-4-2/h28,32,55,59,64-65,69-70H,3-27,29-31,33-54,56-58,60-63H2,1-2H3,(H,68,71)/b32-28-,59-55+. The second kappa shape index (κ2) is 62.9. The number of unbranched alkanes of at least 4 members (excludes halogenated alkanes) is 49. The molecule has 2 atom stereocenters. The van der Waals surface area contributed by atoms with Gasteiger partial charge in [-0.2, -0.15) is 0 Å². The van der Waals surface area contributed by atoms with E-state index in [-0.39, 0.29) is 18.5 Å². The molecule has 3 N–H and O–H groups in total. The quantitative estimate of drug-likeness (QED) is 0.0320. The number of rotatable bonds is 62. The average Bonchev–Trinajstić information content (AvgIpc) is 3.39. The molecule has 0 saturated carbocycles. The smallest absolute Gasteiger partial charge is 0.305 e. The van der Waals surface area contributed by atoms with Crippen LogP contribution in [-0.4, -0.2) is 47.4 Å². The molecule has 0 rings (SSSR count). The number of aliphatic hydroxyl groups is 2. The second-order valence-corrected chi connectivity index (χ2v) is 22.8. The SMILES string of the molecule is CCCCCCCCCCCCCCCCCCC/C=C/C(O)C(CO)NC(=O)CCCCCCC/C=C\CCCCCCCCCCCOC(=O)CCCCCCCCCCCCCCCCCCCCC. The molecule has 0 aromatic carbocycles. The molecule has 0 aromatic heterocycles. The summed E-state index contributed by atoms with van der Waals surface area (Å²) in [6, 6.07) is -0.638. The topological polar surface area (TPSA) is 95.9 Å². The van der Waals surface area contributed by atoms with Crippen molar-refractivity contribution >= 4 is 11.9 Å². The highest BCUT2D eigenvalue weighted by atomic mass is 16.5. The molecule has 0 fully saturated rings. The lowest BCUT2D eigenvalue weighted by Gasteiger charge is -2.20. The zero-order valence-electron chi connectivity index (χ0n) is 49.4. The first-order chi connectivity index (χ1) is 36.0. The largest absolute Gasteiger partial charge is 0.466 e. The van der Waals surface area contributed by atoms with Crippen molar-refractivity contribution in [2.24, 2.45) is 0 Å². The molecular formula is C67H129NO5. The molecule has 2 unspecified atom stereocenters. The van der Waals surface area contributed by atoms with Crippen molar-refractivity contribution in [3.05, 3.63) is 24.3 Å². The Bertz CT molecular complexity index is 1140. The predicted molar refractivity (Wildman–Crippen MR) is 320 cm³/mol. The van der Waals surface area contributed by atoms with Gasteiger partial charge in [0.25, 0.3) is 0 Å². The van der Waals surface area contributed by atoms with Gasteiger partial charge in [0.05, 0.1) is 25.4 Å². The average molecular weight is 1030 g/mol. The summed E-state index contributed by atoms with van der Waals surface area (Å²) in [7, 11) is 0. The zero-order valence-corrected chi connectivity index (χ0v) is 49.4. The van der Waals surface area contributed by atoms with Gasteiger partial charge in [0.15, 0.2) is 0 Å². The van der Waals surface area contributed by atoms with Crippen molar-refractivity contribution in [2.75, 3.05) is 13.2 Å². The maximum absolute atomic E-state index is 12.5. The maximum atomic E-state index is 12.5. The highest BCUT2D eigenvalue weighted by Crippen LogP contribution is 2.18. The molecule has 6 heteroatoms.